The molecule has 2 heterocycles. The average molecular weight is 406 g/mol. The number of hydrogen-bond donors (Lipinski definition) is 0. The van der Waals surface area contributed by atoms with Crippen molar-refractivity contribution in [1.29, 1.82) is 0 Å². The van der Waals surface area contributed by atoms with Crippen LogP contribution in [0.15, 0.2) is 39.9 Å². The molecule has 0 N–H and O–H groups in total. The molecule has 124 valence electrons. The molecule has 0 amide bonds. The van der Waals surface area contributed by atoms with E-state index in [9.17, 15) is 14.7 Å². The Bertz CT molecular complexity index is 976. The van der Waals surface area contributed by atoms with Crippen LogP contribution in [0.4, 0.5) is 0 Å². The lowest BCUT2D eigenvalue weighted by Crippen LogP contribution is -2.37. The predicted molar refractivity (Wildman–Crippen MR) is 96.1 cm³/mol. The smallest absolute Gasteiger partial charge is 0.263 e. The zero-order valence-corrected chi connectivity index (χ0v) is 15.5. The fourth-order valence-corrected chi connectivity index (χ4v) is 4.05. The van der Waals surface area contributed by atoms with Gasteiger partial charge in [-0.25, -0.2) is 4.98 Å². The Morgan fingerprint density at radius 2 is 2.04 bits per heavy atom. The molecule has 0 fully saturated rings. The molecule has 0 radical (unpaired) electrons. The van der Waals surface area contributed by atoms with Crippen molar-refractivity contribution in [3.8, 4) is 11.1 Å². The van der Waals surface area contributed by atoms with Crippen LogP contribution in [-0.2, 0) is 4.79 Å². The number of carbonyl (C=O) groups is 1. The van der Waals surface area contributed by atoms with Crippen molar-refractivity contribution in [2.24, 2.45) is 0 Å². The van der Waals surface area contributed by atoms with E-state index in [1.807, 2.05) is 31.2 Å². The van der Waals surface area contributed by atoms with Crippen LogP contribution < -0.4 is 10.7 Å². The molecule has 0 aliphatic heterocycles. The molecular formula is C17H14BrN2O3S-. The van der Waals surface area contributed by atoms with Crippen LogP contribution in [0.2, 0.25) is 0 Å². The van der Waals surface area contributed by atoms with Crippen molar-refractivity contribution in [3.05, 3.63) is 50.3 Å². The molecule has 0 spiro atoms. The fraction of sp³-hybridized carbons (Fsp3) is 0.235. The Hall–Kier alpha value is -1.99. The molecule has 5 nitrogen and oxygen atoms in total. The van der Waals surface area contributed by atoms with Gasteiger partial charge in [-0.05, 0) is 31.0 Å². The lowest BCUT2D eigenvalue weighted by atomic mass is 10.0. The number of aliphatic carboxylic acids is 1. The molecule has 2 aromatic heterocycles. The van der Waals surface area contributed by atoms with E-state index in [0.717, 1.165) is 25.0 Å². The third-order valence-corrected chi connectivity index (χ3v) is 5.48. The van der Waals surface area contributed by atoms with Crippen molar-refractivity contribution in [1.82, 2.24) is 9.55 Å². The summed E-state index contributed by atoms with van der Waals surface area (Å²) in [6.45, 7) is 3.63. The van der Waals surface area contributed by atoms with E-state index >= 15 is 0 Å². The normalized spacial score (nSPS) is 12.5. The molecule has 0 bridgehead atoms. The summed E-state index contributed by atoms with van der Waals surface area (Å²) in [5.74, 6) is -1.28. The predicted octanol–water partition coefficient (Wildman–Crippen LogP) is 2.90. The third kappa shape index (κ3) is 2.78. The summed E-state index contributed by atoms with van der Waals surface area (Å²) in [6, 6.07) is 6.64. The first-order valence-electron chi connectivity index (χ1n) is 7.41. The number of nitrogens with zero attached hydrogens (tertiary/aromatic N) is 2. The lowest BCUT2D eigenvalue weighted by molar-refractivity contribution is -0.310. The maximum Gasteiger partial charge on any atom is 0.263 e. The van der Waals surface area contributed by atoms with Gasteiger partial charge in [-0.2, -0.15) is 0 Å². The van der Waals surface area contributed by atoms with Crippen molar-refractivity contribution < 1.29 is 9.90 Å². The Labute approximate surface area is 150 Å². The summed E-state index contributed by atoms with van der Waals surface area (Å²) >= 11 is 4.83. The molecular weight excluding hydrogens is 392 g/mol. The maximum absolute atomic E-state index is 12.9. The van der Waals surface area contributed by atoms with E-state index in [0.29, 0.717) is 10.2 Å². The molecule has 0 unspecified atom stereocenters. The standard InChI is InChI=1S/C17H15BrN2O3S/c1-3-12(17(22)23)20-8-19-15-14(16(20)21)13(9(2)24-15)10-4-6-11(18)7-5-10/h4-8,12H,3H2,1-2H3,(H,22,23)/p-1/t12-/m1/s1. The summed E-state index contributed by atoms with van der Waals surface area (Å²) in [5.41, 5.74) is 1.36. The van der Waals surface area contributed by atoms with Crippen LogP contribution in [0.5, 0.6) is 0 Å². The largest absolute Gasteiger partial charge is 0.548 e. The summed E-state index contributed by atoms with van der Waals surface area (Å²) in [7, 11) is 0. The van der Waals surface area contributed by atoms with Gasteiger partial charge < -0.3 is 9.90 Å². The van der Waals surface area contributed by atoms with Crippen LogP contribution in [0.1, 0.15) is 24.3 Å². The highest BCUT2D eigenvalue weighted by atomic mass is 79.9. The lowest BCUT2D eigenvalue weighted by Gasteiger charge is -2.18. The van der Waals surface area contributed by atoms with E-state index in [-0.39, 0.29) is 12.0 Å². The van der Waals surface area contributed by atoms with Crippen LogP contribution in [0.25, 0.3) is 21.3 Å². The van der Waals surface area contributed by atoms with Crippen molar-refractivity contribution >= 4 is 43.5 Å². The highest BCUT2D eigenvalue weighted by Crippen LogP contribution is 2.36. The van der Waals surface area contributed by atoms with E-state index in [4.69, 9.17) is 0 Å². The van der Waals surface area contributed by atoms with Gasteiger partial charge in [0.2, 0.25) is 0 Å². The number of carboxylic acid groups (broad SMARTS) is 1. The SMILES string of the molecule is CC[C@H](C(=O)[O-])n1cnc2sc(C)c(-c3ccc(Br)cc3)c2c1=O. The van der Waals surface area contributed by atoms with Gasteiger partial charge >= 0.3 is 0 Å². The highest BCUT2D eigenvalue weighted by Gasteiger charge is 2.20. The molecule has 0 aliphatic rings. The van der Waals surface area contributed by atoms with E-state index < -0.39 is 12.0 Å². The molecule has 1 atom stereocenters. The van der Waals surface area contributed by atoms with Crippen molar-refractivity contribution in [2.45, 2.75) is 26.3 Å². The maximum atomic E-state index is 12.9. The first kappa shape index (κ1) is 16.9. The summed E-state index contributed by atoms with van der Waals surface area (Å²) in [6.07, 6.45) is 1.56. The van der Waals surface area contributed by atoms with Crippen LogP contribution >= 0.6 is 27.3 Å². The number of carbonyl (C=O) groups excluding carboxylic acids is 1. The van der Waals surface area contributed by atoms with Gasteiger partial charge in [0.05, 0.1) is 23.7 Å². The second kappa shape index (κ2) is 6.49. The molecule has 24 heavy (non-hydrogen) atoms. The molecule has 3 aromatic rings. The fourth-order valence-electron chi connectivity index (χ4n) is 2.78. The number of aromatic nitrogens is 2. The second-order valence-corrected chi connectivity index (χ2v) is 7.54. The van der Waals surface area contributed by atoms with E-state index in [2.05, 4.69) is 20.9 Å². The number of thiophene rings is 1. The molecule has 0 saturated carbocycles. The van der Waals surface area contributed by atoms with Gasteiger partial charge in [0.1, 0.15) is 4.83 Å². The number of fused-ring (bicyclic) bond motifs is 1. The number of halogens is 1. The summed E-state index contributed by atoms with van der Waals surface area (Å²) < 4.78 is 2.11. The average Bonchev–Trinajstić information content (AvgIpc) is 2.88. The van der Waals surface area contributed by atoms with Crippen LogP contribution in [0, 0.1) is 6.92 Å². The van der Waals surface area contributed by atoms with Crippen molar-refractivity contribution in [3.63, 3.8) is 0 Å². The summed E-state index contributed by atoms with van der Waals surface area (Å²) in [5, 5.41) is 11.8. The van der Waals surface area contributed by atoms with E-state index in [1.54, 1.807) is 6.92 Å². The molecule has 3 rings (SSSR count). The minimum absolute atomic E-state index is 0.256. The second-order valence-electron chi connectivity index (χ2n) is 5.42. The van der Waals surface area contributed by atoms with Gasteiger partial charge in [-0.15, -0.1) is 11.3 Å². The minimum atomic E-state index is -1.28. The Balaban J connectivity index is 2.31. The molecule has 0 saturated heterocycles. The van der Waals surface area contributed by atoms with Gasteiger partial charge in [-0.3, -0.25) is 9.36 Å². The van der Waals surface area contributed by atoms with Crippen LogP contribution in [-0.4, -0.2) is 15.5 Å². The molecule has 7 heteroatoms. The van der Waals surface area contributed by atoms with Crippen LogP contribution in [0.3, 0.4) is 0 Å². The first-order chi connectivity index (χ1) is 11.4. The molecule has 0 aliphatic carbocycles. The van der Waals surface area contributed by atoms with Gasteiger partial charge in [-0.1, -0.05) is 35.0 Å². The zero-order valence-electron chi connectivity index (χ0n) is 13.1. The Kier molecular flexibility index (Phi) is 4.56. The zero-order chi connectivity index (χ0) is 17.4. The number of benzene rings is 1. The van der Waals surface area contributed by atoms with Gasteiger partial charge in [0.15, 0.2) is 0 Å². The van der Waals surface area contributed by atoms with Gasteiger partial charge in [0, 0.05) is 14.9 Å². The van der Waals surface area contributed by atoms with E-state index in [1.165, 1.54) is 17.7 Å². The highest BCUT2D eigenvalue weighted by molar-refractivity contribution is 9.10. The first-order valence-corrected chi connectivity index (χ1v) is 9.02. The monoisotopic (exact) mass is 405 g/mol. The third-order valence-electron chi connectivity index (χ3n) is 3.94. The quantitative estimate of drug-likeness (QED) is 0.668. The number of carboxylic acids is 1. The van der Waals surface area contributed by atoms with Crippen molar-refractivity contribution in [2.75, 3.05) is 0 Å². The molecule has 1 aromatic carbocycles. The Morgan fingerprint density at radius 3 is 2.62 bits per heavy atom. The van der Waals surface area contributed by atoms with Gasteiger partial charge in [0.25, 0.3) is 5.56 Å². The minimum Gasteiger partial charge on any atom is -0.548 e. The number of hydrogen-bond acceptors (Lipinski definition) is 5. The Morgan fingerprint density at radius 1 is 1.38 bits per heavy atom. The number of aryl methyl sites for hydroxylation is 1. The topological polar surface area (TPSA) is 75.0 Å². The number of rotatable bonds is 4. The summed E-state index contributed by atoms with van der Waals surface area (Å²) in [4.78, 5) is 30.1.